The minimum atomic E-state index is -4.64. The molecule has 0 bridgehead atoms. The first-order valence-electron chi connectivity index (χ1n) is 26.8. The van der Waals surface area contributed by atoms with Gasteiger partial charge in [-0.2, -0.15) is 0 Å². The van der Waals surface area contributed by atoms with E-state index < -0.39 is 26.5 Å². The summed E-state index contributed by atoms with van der Waals surface area (Å²) >= 11 is 0. The van der Waals surface area contributed by atoms with Crippen molar-refractivity contribution in [1.82, 2.24) is 0 Å². The van der Waals surface area contributed by atoms with Crippen molar-refractivity contribution in [3.8, 4) is 0 Å². The lowest BCUT2D eigenvalue weighted by Crippen LogP contribution is -2.37. The highest BCUT2D eigenvalue weighted by atomic mass is 31.2. The van der Waals surface area contributed by atoms with Gasteiger partial charge < -0.3 is 27.9 Å². The zero-order chi connectivity index (χ0) is 47.8. The molecule has 0 aliphatic rings. The van der Waals surface area contributed by atoms with Crippen LogP contribution in [0.1, 0.15) is 239 Å². The fraction of sp³-hybridized carbons (Fsp3) is 0.818. The Labute approximate surface area is 401 Å². The lowest BCUT2D eigenvalue weighted by molar-refractivity contribution is -0.870. The maximum atomic E-state index is 12.8. The standard InChI is InChI=1S/C55H102NO8P/c1-6-8-10-12-14-16-18-20-22-24-26-27-28-29-30-32-34-36-38-40-42-44-46-48-55(58)64-53(52-63-65(59,60)62-50-49-56(3,4)5)51-61-54(57)47-45-43-41-39-37-35-33-31-25-23-21-19-17-15-13-11-9-7-2/h18,20,23-26,28-29,53H,6-17,19,21-22,27,30-52H2,1-5H3/b20-18-,25-23-,26-24-,29-28-. The summed E-state index contributed by atoms with van der Waals surface area (Å²) in [6.07, 6.45) is 57.1. The Morgan fingerprint density at radius 2 is 0.831 bits per heavy atom. The van der Waals surface area contributed by atoms with Crippen molar-refractivity contribution in [1.29, 1.82) is 0 Å². The van der Waals surface area contributed by atoms with Gasteiger partial charge in [0.25, 0.3) is 7.82 Å². The topological polar surface area (TPSA) is 111 Å². The number of phosphoric ester groups is 1. The van der Waals surface area contributed by atoms with Crippen LogP contribution in [-0.2, 0) is 32.7 Å². The van der Waals surface area contributed by atoms with Crippen molar-refractivity contribution < 1.29 is 42.1 Å². The van der Waals surface area contributed by atoms with Crippen molar-refractivity contribution in [2.45, 2.75) is 245 Å². The number of unbranched alkanes of at least 4 members (excludes halogenated alkanes) is 27. The number of hydrogen-bond acceptors (Lipinski definition) is 8. The minimum absolute atomic E-state index is 0.0339. The van der Waals surface area contributed by atoms with E-state index in [9.17, 15) is 19.0 Å². The average Bonchev–Trinajstić information content (AvgIpc) is 3.26. The second kappa shape index (κ2) is 47.1. The molecule has 0 saturated heterocycles. The molecule has 65 heavy (non-hydrogen) atoms. The van der Waals surface area contributed by atoms with Gasteiger partial charge in [-0.1, -0.05) is 197 Å². The summed E-state index contributed by atoms with van der Waals surface area (Å²) in [5.41, 5.74) is 0. The van der Waals surface area contributed by atoms with Crippen LogP contribution in [0, 0.1) is 0 Å². The van der Waals surface area contributed by atoms with Gasteiger partial charge in [0.05, 0.1) is 27.7 Å². The SMILES string of the molecule is CCCCCCC/C=C\C/C=C\C/C=C\CCCCCCCCCCC(=O)OC(COC(=O)CCCCCCCCC/C=C\CCCCCCCCC)COP(=O)([O-])OCC[N+](C)(C)C. The summed E-state index contributed by atoms with van der Waals surface area (Å²) in [5, 5.41) is 0. The average molecular weight is 936 g/mol. The number of carbonyl (C=O) groups excluding carboxylic acids is 2. The van der Waals surface area contributed by atoms with Gasteiger partial charge in [-0.05, 0) is 77.0 Å². The molecule has 10 heteroatoms. The summed E-state index contributed by atoms with van der Waals surface area (Å²) in [4.78, 5) is 37.8. The first-order chi connectivity index (χ1) is 31.5. The van der Waals surface area contributed by atoms with E-state index in [0.717, 1.165) is 70.6 Å². The molecule has 0 aromatic carbocycles. The predicted molar refractivity (Wildman–Crippen MR) is 273 cm³/mol. The molecule has 0 rings (SSSR count). The molecule has 0 amide bonds. The lowest BCUT2D eigenvalue weighted by atomic mass is 10.1. The number of allylic oxidation sites excluding steroid dienone is 8. The maximum absolute atomic E-state index is 12.8. The van der Waals surface area contributed by atoms with E-state index in [1.165, 1.54) is 135 Å². The molecule has 0 fully saturated rings. The van der Waals surface area contributed by atoms with E-state index >= 15 is 0 Å². The van der Waals surface area contributed by atoms with Crippen LogP contribution in [0.5, 0.6) is 0 Å². The highest BCUT2D eigenvalue weighted by Crippen LogP contribution is 2.38. The van der Waals surface area contributed by atoms with Crippen LogP contribution in [0.25, 0.3) is 0 Å². The second-order valence-corrected chi connectivity index (χ2v) is 20.6. The van der Waals surface area contributed by atoms with Crippen LogP contribution >= 0.6 is 7.82 Å². The van der Waals surface area contributed by atoms with E-state index in [0.29, 0.717) is 17.4 Å². The van der Waals surface area contributed by atoms with Gasteiger partial charge >= 0.3 is 11.9 Å². The number of likely N-dealkylation sites (N-methyl/N-ethyl adjacent to an activating group) is 1. The highest BCUT2D eigenvalue weighted by molar-refractivity contribution is 7.45. The highest BCUT2D eigenvalue weighted by Gasteiger charge is 2.21. The zero-order valence-corrected chi connectivity index (χ0v) is 43.8. The van der Waals surface area contributed by atoms with Crippen LogP contribution in [0.4, 0.5) is 0 Å². The Hall–Kier alpha value is -2.03. The number of carbonyl (C=O) groups is 2. The molecule has 0 spiro atoms. The molecule has 0 aliphatic carbocycles. The van der Waals surface area contributed by atoms with Gasteiger partial charge in [-0.3, -0.25) is 14.2 Å². The Balaban J connectivity index is 4.25. The van der Waals surface area contributed by atoms with Crippen LogP contribution in [-0.4, -0.2) is 70.0 Å². The summed E-state index contributed by atoms with van der Waals surface area (Å²) in [5.74, 6) is -0.842. The molecule has 9 nitrogen and oxygen atoms in total. The molecule has 2 atom stereocenters. The second-order valence-electron chi connectivity index (χ2n) is 19.2. The third-order valence-corrected chi connectivity index (χ3v) is 12.5. The monoisotopic (exact) mass is 936 g/mol. The molecule has 2 unspecified atom stereocenters. The smallest absolute Gasteiger partial charge is 0.306 e. The van der Waals surface area contributed by atoms with Crippen LogP contribution in [0.15, 0.2) is 48.6 Å². The van der Waals surface area contributed by atoms with Gasteiger partial charge in [0.15, 0.2) is 6.10 Å². The fourth-order valence-corrected chi connectivity index (χ4v) is 8.09. The maximum Gasteiger partial charge on any atom is 0.306 e. The number of rotatable bonds is 49. The van der Waals surface area contributed by atoms with Crippen molar-refractivity contribution in [2.75, 3.05) is 47.5 Å². The van der Waals surface area contributed by atoms with E-state index in [1.807, 2.05) is 21.1 Å². The minimum Gasteiger partial charge on any atom is -0.756 e. The van der Waals surface area contributed by atoms with Crippen molar-refractivity contribution in [2.24, 2.45) is 0 Å². The van der Waals surface area contributed by atoms with Gasteiger partial charge in [0, 0.05) is 12.8 Å². The number of quaternary nitrogens is 1. The van der Waals surface area contributed by atoms with Gasteiger partial charge in [-0.15, -0.1) is 0 Å². The summed E-state index contributed by atoms with van der Waals surface area (Å²) in [6, 6.07) is 0. The summed E-state index contributed by atoms with van der Waals surface area (Å²) < 4.78 is 34.1. The van der Waals surface area contributed by atoms with E-state index in [2.05, 4.69) is 62.5 Å². The van der Waals surface area contributed by atoms with Gasteiger partial charge in [-0.25, -0.2) is 0 Å². The Kier molecular flexibility index (Phi) is 45.6. The van der Waals surface area contributed by atoms with Crippen molar-refractivity contribution in [3.05, 3.63) is 48.6 Å². The molecule has 0 saturated carbocycles. The third-order valence-electron chi connectivity index (χ3n) is 11.6. The lowest BCUT2D eigenvalue weighted by Gasteiger charge is -2.28. The van der Waals surface area contributed by atoms with E-state index in [1.54, 1.807) is 0 Å². The molecule has 0 radical (unpaired) electrons. The Morgan fingerprint density at radius 1 is 0.477 bits per heavy atom. The van der Waals surface area contributed by atoms with E-state index in [4.69, 9.17) is 18.5 Å². The predicted octanol–water partition coefficient (Wildman–Crippen LogP) is 15.6. The first-order valence-corrected chi connectivity index (χ1v) is 28.3. The fourth-order valence-electron chi connectivity index (χ4n) is 7.36. The van der Waals surface area contributed by atoms with Crippen molar-refractivity contribution in [3.63, 3.8) is 0 Å². The number of ether oxygens (including phenoxy) is 2. The summed E-state index contributed by atoms with van der Waals surface area (Å²) in [6.45, 7) is 4.23. The summed E-state index contributed by atoms with van der Waals surface area (Å²) in [7, 11) is 1.16. The number of nitrogens with zero attached hydrogens (tertiary/aromatic N) is 1. The zero-order valence-electron chi connectivity index (χ0n) is 42.9. The van der Waals surface area contributed by atoms with Gasteiger partial charge in [0.2, 0.25) is 0 Å². The number of hydrogen-bond donors (Lipinski definition) is 0. The quantitative estimate of drug-likeness (QED) is 0.0195. The van der Waals surface area contributed by atoms with Crippen LogP contribution in [0.3, 0.4) is 0 Å². The normalized spacial score (nSPS) is 13.8. The molecular weight excluding hydrogens is 834 g/mol. The molecule has 0 aromatic rings. The van der Waals surface area contributed by atoms with Crippen molar-refractivity contribution >= 4 is 19.8 Å². The largest absolute Gasteiger partial charge is 0.756 e. The molecule has 0 aliphatic heterocycles. The van der Waals surface area contributed by atoms with Crippen LogP contribution in [0.2, 0.25) is 0 Å². The van der Waals surface area contributed by atoms with E-state index in [-0.39, 0.29) is 32.0 Å². The number of phosphoric acid groups is 1. The first kappa shape index (κ1) is 63.0. The molecule has 0 heterocycles. The molecular formula is C55H102NO8P. The molecule has 0 aromatic heterocycles. The Morgan fingerprint density at radius 3 is 1.25 bits per heavy atom. The molecule has 0 N–H and O–H groups in total. The Bertz CT molecular complexity index is 1240. The third kappa shape index (κ3) is 51.2. The molecule has 380 valence electrons. The van der Waals surface area contributed by atoms with Gasteiger partial charge in [0.1, 0.15) is 19.8 Å². The van der Waals surface area contributed by atoms with Crippen LogP contribution < -0.4 is 4.89 Å². The number of esters is 2.